The van der Waals surface area contributed by atoms with Gasteiger partial charge in [0.15, 0.2) is 0 Å². The standard InChI is InChI=1S/C20H17ClN4O2/c1-22-20(27)15-5-2-14(3-6-15)4-9-19(26)24-16-7-8-18(17(21)12-16)25-11-10-23-13-25/h2-13H,1H3,(H,22,27)(H,24,26)/b9-4+. The van der Waals surface area contributed by atoms with Crippen LogP contribution in [0, 0.1) is 0 Å². The summed E-state index contributed by atoms with van der Waals surface area (Å²) in [7, 11) is 1.58. The molecule has 0 saturated carbocycles. The molecule has 2 N–H and O–H groups in total. The number of hydrogen-bond acceptors (Lipinski definition) is 3. The molecule has 6 nitrogen and oxygen atoms in total. The van der Waals surface area contributed by atoms with Gasteiger partial charge in [-0.1, -0.05) is 23.7 Å². The Morgan fingerprint density at radius 2 is 1.93 bits per heavy atom. The van der Waals surface area contributed by atoms with Gasteiger partial charge in [-0.3, -0.25) is 9.59 Å². The second kappa shape index (κ2) is 8.33. The van der Waals surface area contributed by atoms with Crippen LogP contribution in [0.3, 0.4) is 0 Å². The normalized spacial score (nSPS) is 10.7. The molecule has 0 aliphatic rings. The second-order valence-electron chi connectivity index (χ2n) is 5.66. The highest BCUT2D eigenvalue weighted by molar-refractivity contribution is 6.32. The smallest absolute Gasteiger partial charge is 0.251 e. The lowest BCUT2D eigenvalue weighted by atomic mass is 10.1. The van der Waals surface area contributed by atoms with Crippen LogP contribution in [0.5, 0.6) is 0 Å². The first-order valence-corrected chi connectivity index (χ1v) is 8.54. The highest BCUT2D eigenvalue weighted by Crippen LogP contribution is 2.24. The number of rotatable bonds is 5. The number of benzene rings is 2. The molecule has 0 fully saturated rings. The third-order valence-corrected chi connectivity index (χ3v) is 4.13. The molecule has 0 unspecified atom stereocenters. The van der Waals surface area contributed by atoms with E-state index in [0.29, 0.717) is 16.3 Å². The minimum absolute atomic E-state index is 0.153. The van der Waals surface area contributed by atoms with Crippen molar-refractivity contribution in [1.82, 2.24) is 14.9 Å². The maximum Gasteiger partial charge on any atom is 0.251 e. The molecule has 0 atom stereocenters. The lowest BCUT2D eigenvalue weighted by Crippen LogP contribution is -2.17. The van der Waals surface area contributed by atoms with Gasteiger partial charge in [-0.05, 0) is 42.0 Å². The molecule has 3 aromatic rings. The van der Waals surface area contributed by atoms with E-state index in [2.05, 4.69) is 15.6 Å². The molecule has 0 aliphatic carbocycles. The van der Waals surface area contributed by atoms with Crippen molar-refractivity contribution in [2.45, 2.75) is 0 Å². The molecule has 7 heteroatoms. The van der Waals surface area contributed by atoms with E-state index in [1.807, 2.05) is 0 Å². The average molecular weight is 381 g/mol. The molecule has 136 valence electrons. The van der Waals surface area contributed by atoms with Gasteiger partial charge in [0.05, 0.1) is 17.0 Å². The molecule has 1 heterocycles. The number of imidazole rings is 1. The maximum absolute atomic E-state index is 12.1. The molecule has 0 bridgehead atoms. The molecular weight excluding hydrogens is 364 g/mol. The van der Waals surface area contributed by atoms with Gasteiger partial charge in [0.25, 0.3) is 5.91 Å². The fraction of sp³-hybridized carbons (Fsp3) is 0.0500. The number of amides is 2. The van der Waals surface area contributed by atoms with Crippen LogP contribution in [0.4, 0.5) is 5.69 Å². The number of hydrogen-bond donors (Lipinski definition) is 2. The summed E-state index contributed by atoms with van der Waals surface area (Å²) < 4.78 is 1.79. The zero-order valence-electron chi connectivity index (χ0n) is 14.5. The number of anilines is 1. The van der Waals surface area contributed by atoms with Crippen LogP contribution < -0.4 is 10.6 Å². The van der Waals surface area contributed by atoms with E-state index in [0.717, 1.165) is 11.3 Å². The lowest BCUT2D eigenvalue weighted by molar-refractivity contribution is -0.111. The first-order chi connectivity index (χ1) is 13.1. The first kappa shape index (κ1) is 18.4. The van der Waals surface area contributed by atoms with Crippen LogP contribution >= 0.6 is 11.6 Å². The third kappa shape index (κ3) is 4.62. The topological polar surface area (TPSA) is 76.0 Å². The van der Waals surface area contributed by atoms with E-state index in [1.54, 1.807) is 78.9 Å². The van der Waals surface area contributed by atoms with Crippen LogP contribution in [-0.2, 0) is 4.79 Å². The van der Waals surface area contributed by atoms with E-state index in [-0.39, 0.29) is 11.8 Å². The third-order valence-electron chi connectivity index (χ3n) is 3.82. The Labute approximate surface area is 161 Å². The van der Waals surface area contributed by atoms with Crippen molar-refractivity contribution < 1.29 is 9.59 Å². The monoisotopic (exact) mass is 380 g/mol. The summed E-state index contributed by atoms with van der Waals surface area (Å²) in [5, 5.41) is 5.82. The molecule has 27 heavy (non-hydrogen) atoms. The van der Waals surface area contributed by atoms with Gasteiger partial charge < -0.3 is 15.2 Å². The molecule has 2 amide bonds. The predicted octanol–water partition coefficient (Wildman–Crippen LogP) is 3.54. The summed E-state index contributed by atoms with van der Waals surface area (Å²) in [6, 6.07) is 12.2. The predicted molar refractivity (Wildman–Crippen MR) is 106 cm³/mol. The second-order valence-corrected chi connectivity index (χ2v) is 6.07. The van der Waals surface area contributed by atoms with Crippen molar-refractivity contribution in [3.63, 3.8) is 0 Å². The van der Waals surface area contributed by atoms with Crippen molar-refractivity contribution in [3.8, 4) is 5.69 Å². The summed E-state index contributed by atoms with van der Waals surface area (Å²) >= 11 is 6.28. The number of halogens is 1. The highest BCUT2D eigenvalue weighted by Gasteiger charge is 2.06. The van der Waals surface area contributed by atoms with E-state index in [4.69, 9.17) is 11.6 Å². The molecule has 0 spiro atoms. The van der Waals surface area contributed by atoms with Gasteiger partial charge in [0.1, 0.15) is 0 Å². The van der Waals surface area contributed by atoms with Crippen LogP contribution in [0.15, 0.2) is 67.3 Å². The molecule has 0 radical (unpaired) electrons. The number of carbonyl (C=O) groups is 2. The SMILES string of the molecule is CNC(=O)c1ccc(/C=C/C(=O)Nc2ccc(-n3ccnc3)c(Cl)c2)cc1. The Morgan fingerprint density at radius 3 is 2.56 bits per heavy atom. The largest absolute Gasteiger partial charge is 0.355 e. The van der Waals surface area contributed by atoms with Crippen LogP contribution in [0.2, 0.25) is 5.02 Å². The van der Waals surface area contributed by atoms with Gasteiger partial charge >= 0.3 is 0 Å². The lowest BCUT2D eigenvalue weighted by Gasteiger charge is -2.08. The number of aromatic nitrogens is 2. The molecule has 3 rings (SSSR count). The molecule has 1 aromatic heterocycles. The molecule has 0 saturated heterocycles. The van der Waals surface area contributed by atoms with Crippen molar-refractivity contribution in [1.29, 1.82) is 0 Å². The van der Waals surface area contributed by atoms with Gasteiger partial charge in [0.2, 0.25) is 5.91 Å². The van der Waals surface area contributed by atoms with Gasteiger partial charge in [0, 0.05) is 36.8 Å². The quantitative estimate of drug-likeness (QED) is 0.665. The zero-order chi connectivity index (χ0) is 19.2. The van der Waals surface area contributed by atoms with Crippen molar-refractivity contribution >= 4 is 35.2 Å². The van der Waals surface area contributed by atoms with E-state index >= 15 is 0 Å². The number of nitrogens with one attached hydrogen (secondary N) is 2. The van der Waals surface area contributed by atoms with E-state index < -0.39 is 0 Å². The van der Waals surface area contributed by atoms with E-state index in [1.165, 1.54) is 6.08 Å². The maximum atomic E-state index is 12.1. The van der Waals surface area contributed by atoms with Gasteiger partial charge in [-0.2, -0.15) is 0 Å². The van der Waals surface area contributed by atoms with Gasteiger partial charge in [-0.15, -0.1) is 0 Å². The van der Waals surface area contributed by atoms with Crippen LogP contribution in [0.1, 0.15) is 15.9 Å². The molecular formula is C20H17ClN4O2. The number of nitrogens with zero attached hydrogens (tertiary/aromatic N) is 2. The Balaban J connectivity index is 1.64. The average Bonchev–Trinajstić information content (AvgIpc) is 3.20. The highest BCUT2D eigenvalue weighted by atomic mass is 35.5. The number of carbonyl (C=O) groups excluding carboxylic acids is 2. The zero-order valence-corrected chi connectivity index (χ0v) is 15.3. The first-order valence-electron chi connectivity index (χ1n) is 8.16. The summed E-state index contributed by atoms with van der Waals surface area (Å²) in [4.78, 5) is 27.6. The Bertz CT molecular complexity index is 980. The fourth-order valence-electron chi connectivity index (χ4n) is 2.44. The van der Waals surface area contributed by atoms with Crippen molar-refractivity contribution in [2.24, 2.45) is 0 Å². The summed E-state index contributed by atoms with van der Waals surface area (Å²) in [6.07, 6.45) is 8.20. The Kier molecular flexibility index (Phi) is 5.68. The summed E-state index contributed by atoms with van der Waals surface area (Å²) in [6.45, 7) is 0. The van der Waals surface area contributed by atoms with Crippen LogP contribution in [0.25, 0.3) is 11.8 Å². The summed E-state index contributed by atoms with van der Waals surface area (Å²) in [5.41, 5.74) is 2.74. The molecule has 0 aliphatic heterocycles. The minimum atomic E-state index is -0.281. The van der Waals surface area contributed by atoms with Crippen LogP contribution in [-0.4, -0.2) is 28.4 Å². The van der Waals surface area contributed by atoms with E-state index in [9.17, 15) is 9.59 Å². The fourth-order valence-corrected chi connectivity index (χ4v) is 2.72. The molecule has 2 aromatic carbocycles. The summed E-state index contributed by atoms with van der Waals surface area (Å²) in [5.74, 6) is -0.434. The Hall–Kier alpha value is -3.38. The minimum Gasteiger partial charge on any atom is -0.355 e. The van der Waals surface area contributed by atoms with Gasteiger partial charge in [-0.25, -0.2) is 4.98 Å². The van der Waals surface area contributed by atoms with Crippen molar-refractivity contribution in [2.75, 3.05) is 12.4 Å². The Morgan fingerprint density at radius 1 is 1.15 bits per heavy atom. The van der Waals surface area contributed by atoms with Crippen molar-refractivity contribution in [3.05, 3.63) is 83.4 Å².